The molecule has 12 heteroatoms. The van der Waals surface area contributed by atoms with Crippen molar-refractivity contribution in [1.82, 2.24) is 20.2 Å². The molecular formula is C25H23ClF3N5O3. The minimum Gasteiger partial charge on any atom is -0.495 e. The first-order chi connectivity index (χ1) is 17.7. The Labute approximate surface area is 215 Å². The average molecular weight is 534 g/mol. The number of anilines is 1. The van der Waals surface area contributed by atoms with Crippen molar-refractivity contribution in [2.45, 2.75) is 24.6 Å². The van der Waals surface area contributed by atoms with E-state index in [0.717, 1.165) is 18.5 Å². The SMILES string of the molecule is COc1ccc(C2CN(C(=O)c3cnccc3C(F)(F)F)CCC2NC(=O)Nc2ccc(Cl)cc2)nc1. The van der Waals surface area contributed by atoms with Gasteiger partial charge in [-0.15, -0.1) is 0 Å². The van der Waals surface area contributed by atoms with Crippen molar-refractivity contribution in [3.63, 3.8) is 0 Å². The normalized spacial score (nSPS) is 17.7. The Morgan fingerprint density at radius 1 is 1.11 bits per heavy atom. The number of methoxy groups -OCH3 is 1. The number of nitrogens with one attached hydrogen (secondary N) is 2. The van der Waals surface area contributed by atoms with Gasteiger partial charge >= 0.3 is 12.2 Å². The van der Waals surface area contributed by atoms with Crippen LogP contribution in [0.15, 0.2) is 61.1 Å². The van der Waals surface area contributed by atoms with Crippen LogP contribution in [0.1, 0.15) is 34.0 Å². The highest BCUT2D eigenvalue weighted by atomic mass is 35.5. The van der Waals surface area contributed by atoms with Gasteiger partial charge < -0.3 is 20.3 Å². The van der Waals surface area contributed by atoms with Crippen molar-refractivity contribution in [1.29, 1.82) is 0 Å². The summed E-state index contributed by atoms with van der Waals surface area (Å²) in [4.78, 5) is 35.4. The van der Waals surface area contributed by atoms with Gasteiger partial charge in [-0.1, -0.05) is 11.6 Å². The molecule has 0 spiro atoms. The van der Waals surface area contributed by atoms with Crippen LogP contribution >= 0.6 is 11.6 Å². The molecule has 2 N–H and O–H groups in total. The fourth-order valence-corrected chi connectivity index (χ4v) is 4.32. The molecule has 1 aromatic carbocycles. The highest BCUT2D eigenvalue weighted by molar-refractivity contribution is 6.30. The van der Waals surface area contributed by atoms with E-state index in [1.165, 1.54) is 18.2 Å². The van der Waals surface area contributed by atoms with Crippen LogP contribution < -0.4 is 15.4 Å². The first-order valence-electron chi connectivity index (χ1n) is 11.3. The largest absolute Gasteiger partial charge is 0.495 e. The zero-order valence-corrected chi connectivity index (χ0v) is 20.4. The molecule has 2 unspecified atom stereocenters. The van der Waals surface area contributed by atoms with Crippen molar-refractivity contribution < 1.29 is 27.5 Å². The Hall–Kier alpha value is -3.86. The van der Waals surface area contributed by atoms with E-state index in [2.05, 4.69) is 20.6 Å². The van der Waals surface area contributed by atoms with Crippen molar-refractivity contribution in [2.75, 3.05) is 25.5 Å². The van der Waals surface area contributed by atoms with Gasteiger partial charge in [0.15, 0.2) is 0 Å². The summed E-state index contributed by atoms with van der Waals surface area (Å²) in [5, 5.41) is 6.16. The van der Waals surface area contributed by atoms with Gasteiger partial charge in [-0.2, -0.15) is 13.2 Å². The maximum atomic E-state index is 13.5. The number of alkyl halides is 3. The summed E-state index contributed by atoms with van der Waals surface area (Å²) in [6, 6.07) is 9.83. The highest BCUT2D eigenvalue weighted by Gasteiger charge is 2.39. The van der Waals surface area contributed by atoms with Crippen LogP contribution in [0.5, 0.6) is 5.75 Å². The van der Waals surface area contributed by atoms with Gasteiger partial charge in [-0.25, -0.2) is 4.79 Å². The molecular weight excluding hydrogens is 511 g/mol. The molecule has 1 saturated heterocycles. The Bertz CT molecular complexity index is 1260. The molecule has 4 rings (SSSR count). The van der Waals surface area contributed by atoms with E-state index in [9.17, 15) is 22.8 Å². The third kappa shape index (κ3) is 6.29. The van der Waals surface area contributed by atoms with Gasteiger partial charge in [-0.05, 0) is 48.9 Å². The summed E-state index contributed by atoms with van der Waals surface area (Å²) >= 11 is 5.89. The number of urea groups is 1. The van der Waals surface area contributed by atoms with Gasteiger partial charge in [0.2, 0.25) is 0 Å². The fraction of sp³-hybridized carbons (Fsp3) is 0.280. The zero-order chi connectivity index (χ0) is 26.6. The monoisotopic (exact) mass is 533 g/mol. The second-order valence-electron chi connectivity index (χ2n) is 8.40. The van der Waals surface area contributed by atoms with Crippen LogP contribution in [0.2, 0.25) is 5.02 Å². The van der Waals surface area contributed by atoms with E-state index in [1.54, 1.807) is 36.4 Å². The Kier molecular flexibility index (Phi) is 7.82. The number of aromatic nitrogens is 2. The standard InChI is InChI=1S/C25H23ClF3N5O3/c1-37-17-6-7-21(31-12-17)19-14-34(23(35)18-13-30-10-8-20(18)25(27,28)29)11-9-22(19)33-24(36)32-16-4-2-15(26)3-5-16/h2-8,10,12-13,19,22H,9,11,14H2,1H3,(H2,32,33,36). The van der Waals surface area contributed by atoms with E-state index >= 15 is 0 Å². The van der Waals surface area contributed by atoms with Crippen molar-refractivity contribution in [3.8, 4) is 5.75 Å². The molecule has 8 nitrogen and oxygen atoms in total. The summed E-state index contributed by atoms with van der Waals surface area (Å²) in [7, 11) is 1.50. The number of pyridine rings is 2. The number of piperidine rings is 1. The van der Waals surface area contributed by atoms with Crippen molar-refractivity contribution in [3.05, 3.63) is 82.9 Å². The number of benzene rings is 1. The minimum atomic E-state index is -4.70. The van der Waals surface area contributed by atoms with Crippen LogP contribution in [0.3, 0.4) is 0 Å². The van der Waals surface area contributed by atoms with Crippen LogP contribution in [0, 0.1) is 0 Å². The average Bonchev–Trinajstić information content (AvgIpc) is 2.89. The van der Waals surface area contributed by atoms with E-state index in [0.29, 0.717) is 28.6 Å². The van der Waals surface area contributed by atoms with Crippen molar-refractivity contribution in [2.24, 2.45) is 0 Å². The molecule has 0 radical (unpaired) electrons. The molecule has 0 saturated carbocycles. The van der Waals surface area contributed by atoms with Crippen LogP contribution in [0.4, 0.5) is 23.7 Å². The quantitative estimate of drug-likeness (QED) is 0.482. The lowest BCUT2D eigenvalue weighted by Crippen LogP contribution is -2.52. The molecule has 37 heavy (non-hydrogen) atoms. The predicted molar refractivity (Wildman–Crippen MR) is 131 cm³/mol. The predicted octanol–water partition coefficient (Wildman–Crippen LogP) is 4.98. The Balaban J connectivity index is 1.56. The molecule has 3 amide bonds. The number of carbonyl (C=O) groups excluding carboxylic acids is 2. The van der Waals surface area contributed by atoms with Gasteiger partial charge in [0, 0.05) is 53.8 Å². The van der Waals surface area contributed by atoms with Crippen LogP contribution in [-0.4, -0.2) is 53.0 Å². The maximum absolute atomic E-state index is 13.5. The summed E-state index contributed by atoms with van der Waals surface area (Å²) < 4.78 is 45.7. The summed E-state index contributed by atoms with van der Waals surface area (Å²) in [6.07, 6.45) is -0.983. The second kappa shape index (κ2) is 11.0. The highest BCUT2D eigenvalue weighted by Crippen LogP contribution is 2.34. The third-order valence-corrected chi connectivity index (χ3v) is 6.30. The van der Waals surface area contributed by atoms with E-state index in [-0.39, 0.29) is 13.1 Å². The van der Waals surface area contributed by atoms with Crippen molar-refractivity contribution >= 4 is 29.2 Å². The molecule has 1 aliphatic rings. The molecule has 0 aliphatic carbocycles. The minimum absolute atomic E-state index is 0.0379. The number of likely N-dealkylation sites (tertiary alicyclic amines) is 1. The number of carbonyl (C=O) groups is 2. The molecule has 3 aromatic rings. The lowest BCUT2D eigenvalue weighted by atomic mass is 9.88. The second-order valence-corrected chi connectivity index (χ2v) is 8.84. The Morgan fingerprint density at radius 3 is 2.51 bits per heavy atom. The first-order valence-corrected chi connectivity index (χ1v) is 11.7. The maximum Gasteiger partial charge on any atom is 0.417 e. The molecule has 194 valence electrons. The molecule has 1 aliphatic heterocycles. The van der Waals surface area contributed by atoms with Gasteiger partial charge in [0.05, 0.1) is 24.4 Å². The molecule has 0 bridgehead atoms. The van der Waals surface area contributed by atoms with E-state index < -0.39 is 41.2 Å². The fourth-order valence-electron chi connectivity index (χ4n) is 4.19. The van der Waals surface area contributed by atoms with Crippen LogP contribution in [0.25, 0.3) is 0 Å². The third-order valence-electron chi connectivity index (χ3n) is 6.05. The van der Waals surface area contributed by atoms with Gasteiger partial charge in [0.25, 0.3) is 5.91 Å². The van der Waals surface area contributed by atoms with Gasteiger partial charge in [0.1, 0.15) is 5.75 Å². The molecule has 2 atom stereocenters. The number of rotatable bonds is 5. The molecule has 1 fully saturated rings. The summed E-state index contributed by atoms with van der Waals surface area (Å²) in [5.41, 5.74) is -0.486. The Morgan fingerprint density at radius 2 is 1.86 bits per heavy atom. The first kappa shape index (κ1) is 26.2. The lowest BCUT2D eigenvalue weighted by molar-refractivity contribution is -0.138. The van der Waals surface area contributed by atoms with E-state index in [1.807, 2.05) is 0 Å². The lowest BCUT2D eigenvalue weighted by Gasteiger charge is -2.39. The summed E-state index contributed by atoms with van der Waals surface area (Å²) in [6.45, 7) is 0.166. The number of hydrogen-bond acceptors (Lipinski definition) is 5. The summed E-state index contributed by atoms with van der Waals surface area (Å²) in [5.74, 6) is -0.767. The molecule has 2 aromatic heterocycles. The smallest absolute Gasteiger partial charge is 0.417 e. The zero-order valence-electron chi connectivity index (χ0n) is 19.6. The number of amides is 3. The number of nitrogens with zero attached hydrogens (tertiary/aromatic N) is 3. The number of ether oxygens (including phenoxy) is 1. The van der Waals surface area contributed by atoms with Gasteiger partial charge in [-0.3, -0.25) is 14.8 Å². The topological polar surface area (TPSA) is 96.5 Å². The number of hydrogen-bond donors (Lipinski definition) is 2. The molecule has 3 heterocycles. The number of halogens is 4. The van der Waals surface area contributed by atoms with E-state index in [4.69, 9.17) is 16.3 Å². The van der Waals surface area contributed by atoms with Crippen LogP contribution in [-0.2, 0) is 6.18 Å².